The zero-order chi connectivity index (χ0) is 17.1. The van der Waals surface area contributed by atoms with Crippen molar-refractivity contribution in [3.05, 3.63) is 66.0 Å². The summed E-state index contributed by atoms with van der Waals surface area (Å²) >= 11 is 0. The van der Waals surface area contributed by atoms with Crippen molar-refractivity contribution < 1.29 is 9.53 Å². The van der Waals surface area contributed by atoms with E-state index in [-0.39, 0.29) is 36.8 Å². The molecule has 2 atom stereocenters. The number of benzene rings is 2. The molecule has 4 rings (SSSR count). The summed E-state index contributed by atoms with van der Waals surface area (Å²) < 4.78 is 5.58. The standard InChI is InChI=1S/C19H20N4O2.2ClH/c24-19(17-11-20-8-9-25-17)23-18(13-4-2-1-3-5-13)14-6-7-15-16(10-14)22-12-21-15;;/h1-7,10,12,17-18,20H,8-9,11H2,(H,21,22)(H,23,24);2*1H. The topological polar surface area (TPSA) is 79.0 Å². The number of carbonyl (C=O) groups is 1. The minimum Gasteiger partial charge on any atom is -0.366 e. The van der Waals surface area contributed by atoms with Crippen LogP contribution in [0.1, 0.15) is 17.2 Å². The molecule has 1 saturated heterocycles. The zero-order valence-corrected chi connectivity index (χ0v) is 16.2. The summed E-state index contributed by atoms with van der Waals surface area (Å²) in [7, 11) is 0. The average Bonchev–Trinajstić information content (AvgIpc) is 3.15. The van der Waals surface area contributed by atoms with Crippen LogP contribution in [0.2, 0.25) is 0 Å². The van der Waals surface area contributed by atoms with E-state index in [0.717, 1.165) is 28.7 Å². The van der Waals surface area contributed by atoms with E-state index in [9.17, 15) is 4.79 Å². The van der Waals surface area contributed by atoms with Crippen LogP contribution in [-0.2, 0) is 9.53 Å². The van der Waals surface area contributed by atoms with Gasteiger partial charge < -0.3 is 20.4 Å². The molecule has 1 aliphatic rings. The Balaban J connectivity index is 0.00000131. The number of hydrogen-bond donors (Lipinski definition) is 3. The number of aromatic amines is 1. The SMILES string of the molecule is Cl.Cl.O=C(NC(c1ccccc1)c1ccc2nc[nH]c2c1)C1CNCCO1. The fourth-order valence-corrected chi connectivity index (χ4v) is 3.11. The normalized spacial score (nSPS) is 17.4. The second kappa shape index (κ2) is 9.71. The third-order valence-electron chi connectivity index (χ3n) is 4.42. The van der Waals surface area contributed by atoms with Crippen molar-refractivity contribution >= 4 is 41.8 Å². The molecule has 1 aromatic heterocycles. The van der Waals surface area contributed by atoms with Gasteiger partial charge in [-0.15, -0.1) is 24.8 Å². The molecule has 6 nitrogen and oxygen atoms in total. The Morgan fingerprint density at radius 3 is 2.70 bits per heavy atom. The molecule has 3 N–H and O–H groups in total. The Morgan fingerprint density at radius 1 is 1.15 bits per heavy atom. The minimum atomic E-state index is -0.462. The van der Waals surface area contributed by atoms with Crippen LogP contribution in [0.5, 0.6) is 0 Å². The molecule has 0 spiro atoms. The van der Waals surface area contributed by atoms with E-state index in [1.165, 1.54) is 0 Å². The third-order valence-corrected chi connectivity index (χ3v) is 4.42. The Morgan fingerprint density at radius 2 is 1.96 bits per heavy atom. The highest BCUT2D eigenvalue weighted by Gasteiger charge is 2.25. The Hall–Kier alpha value is -2.12. The van der Waals surface area contributed by atoms with Crippen molar-refractivity contribution in [2.45, 2.75) is 12.1 Å². The highest BCUT2D eigenvalue weighted by molar-refractivity contribution is 5.85. The molecule has 1 amide bonds. The molecule has 0 aliphatic carbocycles. The molecule has 2 heterocycles. The summed E-state index contributed by atoms with van der Waals surface area (Å²) in [6.07, 6.45) is 1.21. The Labute approximate surface area is 169 Å². The Kier molecular flexibility index (Phi) is 7.62. The van der Waals surface area contributed by atoms with Crippen LogP contribution < -0.4 is 10.6 Å². The predicted octanol–water partition coefficient (Wildman–Crippen LogP) is 2.60. The second-order valence-corrected chi connectivity index (χ2v) is 6.09. The van der Waals surface area contributed by atoms with Crippen molar-refractivity contribution in [1.82, 2.24) is 20.6 Å². The van der Waals surface area contributed by atoms with Gasteiger partial charge in [-0.3, -0.25) is 4.79 Å². The molecule has 0 radical (unpaired) electrons. The fourth-order valence-electron chi connectivity index (χ4n) is 3.11. The van der Waals surface area contributed by atoms with Gasteiger partial charge in [-0.1, -0.05) is 36.4 Å². The molecule has 27 heavy (non-hydrogen) atoms. The first-order valence-electron chi connectivity index (χ1n) is 8.42. The van der Waals surface area contributed by atoms with Gasteiger partial charge in [-0.25, -0.2) is 4.98 Å². The molecule has 2 unspecified atom stereocenters. The average molecular weight is 409 g/mol. The van der Waals surface area contributed by atoms with E-state index in [2.05, 4.69) is 20.6 Å². The summed E-state index contributed by atoms with van der Waals surface area (Å²) in [5, 5.41) is 6.33. The number of ether oxygens (including phenoxy) is 1. The molecule has 3 aromatic rings. The lowest BCUT2D eigenvalue weighted by molar-refractivity contribution is -0.134. The number of imidazole rings is 1. The summed E-state index contributed by atoms with van der Waals surface area (Å²) in [5.74, 6) is -0.106. The fraction of sp³-hybridized carbons (Fsp3) is 0.263. The van der Waals surface area contributed by atoms with Crippen LogP contribution in [0.3, 0.4) is 0 Å². The Bertz CT molecular complexity index is 866. The monoisotopic (exact) mass is 408 g/mol. The summed E-state index contributed by atoms with van der Waals surface area (Å²) in [4.78, 5) is 20.1. The number of fused-ring (bicyclic) bond motifs is 1. The first kappa shape index (κ1) is 21.2. The molecule has 8 heteroatoms. The zero-order valence-electron chi connectivity index (χ0n) is 14.6. The number of hydrogen-bond acceptors (Lipinski definition) is 4. The van der Waals surface area contributed by atoms with E-state index in [4.69, 9.17) is 4.74 Å². The maximum absolute atomic E-state index is 12.7. The van der Waals surface area contributed by atoms with Crippen LogP contribution in [-0.4, -0.2) is 41.7 Å². The number of halogens is 2. The summed E-state index contributed by atoms with van der Waals surface area (Å²) in [5.41, 5.74) is 3.88. The molecule has 144 valence electrons. The number of nitrogens with zero attached hydrogens (tertiary/aromatic N) is 1. The van der Waals surface area contributed by atoms with E-state index in [0.29, 0.717) is 13.2 Å². The van der Waals surface area contributed by atoms with Crippen molar-refractivity contribution in [2.24, 2.45) is 0 Å². The maximum atomic E-state index is 12.7. The lowest BCUT2D eigenvalue weighted by atomic mass is 9.98. The molecular weight excluding hydrogens is 387 g/mol. The maximum Gasteiger partial charge on any atom is 0.251 e. The lowest BCUT2D eigenvalue weighted by Crippen LogP contribution is -2.48. The number of amides is 1. The van der Waals surface area contributed by atoms with Crippen molar-refractivity contribution in [2.75, 3.05) is 19.7 Å². The van der Waals surface area contributed by atoms with Crippen LogP contribution in [0.15, 0.2) is 54.9 Å². The van der Waals surface area contributed by atoms with Gasteiger partial charge in [-0.2, -0.15) is 0 Å². The number of carbonyl (C=O) groups excluding carboxylic acids is 1. The van der Waals surface area contributed by atoms with Gasteiger partial charge in [-0.05, 0) is 23.3 Å². The van der Waals surface area contributed by atoms with Crippen LogP contribution in [0, 0.1) is 0 Å². The highest BCUT2D eigenvalue weighted by atomic mass is 35.5. The first-order chi connectivity index (χ1) is 12.3. The van der Waals surface area contributed by atoms with Crippen molar-refractivity contribution in [3.8, 4) is 0 Å². The van der Waals surface area contributed by atoms with E-state index in [1.807, 2.05) is 48.5 Å². The number of morpholine rings is 1. The van der Waals surface area contributed by atoms with Gasteiger partial charge in [0.15, 0.2) is 0 Å². The van der Waals surface area contributed by atoms with Crippen LogP contribution in [0.4, 0.5) is 0 Å². The van der Waals surface area contributed by atoms with E-state index >= 15 is 0 Å². The quantitative estimate of drug-likeness (QED) is 0.619. The second-order valence-electron chi connectivity index (χ2n) is 6.09. The van der Waals surface area contributed by atoms with E-state index < -0.39 is 6.10 Å². The first-order valence-corrected chi connectivity index (χ1v) is 8.42. The summed E-state index contributed by atoms with van der Waals surface area (Å²) in [6, 6.07) is 15.7. The number of H-pyrrole nitrogens is 1. The van der Waals surface area contributed by atoms with Crippen molar-refractivity contribution in [1.29, 1.82) is 0 Å². The van der Waals surface area contributed by atoms with Gasteiger partial charge in [0, 0.05) is 13.1 Å². The smallest absolute Gasteiger partial charge is 0.251 e. The minimum absolute atomic E-state index is 0. The van der Waals surface area contributed by atoms with Crippen LogP contribution >= 0.6 is 24.8 Å². The highest BCUT2D eigenvalue weighted by Crippen LogP contribution is 2.25. The van der Waals surface area contributed by atoms with Crippen LogP contribution in [0.25, 0.3) is 11.0 Å². The van der Waals surface area contributed by atoms with Gasteiger partial charge in [0.25, 0.3) is 5.91 Å². The van der Waals surface area contributed by atoms with Gasteiger partial charge in [0.05, 0.1) is 30.0 Å². The summed E-state index contributed by atoms with van der Waals surface area (Å²) in [6.45, 7) is 1.86. The molecular formula is C19H22Cl2N4O2. The van der Waals surface area contributed by atoms with E-state index in [1.54, 1.807) is 6.33 Å². The number of rotatable bonds is 4. The van der Waals surface area contributed by atoms with Gasteiger partial charge >= 0.3 is 0 Å². The number of nitrogens with one attached hydrogen (secondary N) is 3. The molecule has 2 aromatic carbocycles. The van der Waals surface area contributed by atoms with Gasteiger partial charge in [0.1, 0.15) is 6.10 Å². The van der Waals surface area contributed by atoms with Crippen molar-refractivity contribution in [3.63, 3.8) is 0 Å². The molecule has 1 fully saturated rings. The largest absolute Gasteiger partial charge is 0.366 e. The third kappa shape index (κ3) is 4.78. The molecule has 1 aliphatic heterocycles. The number of aromatic nitrogens is 2. The predicted molar refractivity (Wildman–Crippen MR) is 110 cm³/mol. The molecule has 0 bridgehead atoms. The lowest BCUT2D eigenvalue weighted by Gasteiger charge is -2.26. The van der Waals surface area contributed by atoms with Gasteiger partial charge in [0.2, 0.25) is 0 Å². The molecule has 0 saturated carbocycles.